The van der Waals surface area contributed by atoms with Crippen LogP contribution in [0.5, 0.6) is 0 Å². The van der Waals surface area contributed by atoms with Crippen molar-refractivity contribution in [2.24, 2.45) is 0 Å². The number of fused-ring (bicyclic) bond motifs is 2. The number of hydrogen-bond acceptors (Lipinski definition) is 5. The van der Waals surface area contributed by atoms with Crippen LogP contribution in [0.15, 0.2) is 162 Å². The molecular weight excluding hydrogens is 540 g/mol. The van der Waals surface area contributed by atoms with Crippen LogP contribution in [0.25, 0.3) is 56.1 Å². The Morgan fingerprint density at radius 2 is 0.977 bits per heavy atom. The molecule has 2 aromatic heterocycles. The average molecular weight is 567 g/mol. The molecule has 0 saturated heterocycles. The van der Waals surface area contributed by atoms with Gasteiger partial charge in [0.25, 0.3) is 0 Å². The van der Waals surface area contributed by atoms with Gasteiger partial charge in [0.15, 0.2) is 5.58 Å². The second-order valence-corrected chi connectivity index (χ2v) is 10.5. The van der Waals surface area contributed by atoms with Crippen molar-refractivity contribution in [2.75, 3.05) is 4.90 Å². The van der Waals surface area contributed by atoms with Gasteiger partial charge in [0.1, 0.15) is 5.52 Å². The first-order chi connectivity index (χ1) is 21.8. The summed E-state index contributed by atoms with van der Waals surface area (Å²) in [6.07, 6.45) is 0. The van der Waals surface area contributed by atoms with E-state index in [4.69, 9.17) is 19.4 Å². The number of hydrogen-bond donors (Lipinski definition) is 0. The minimum atomic E-state index is 0.600. The van der Waals surface area contributed by atoms with E-state index in [0.717, 1.165) is 67.3 Å². The van der Waals surface area contributed by atoms with Crippen molar-refractivity contribution in [1.29, 1.82) is 0 Å². The average Bonchev–Trinajstić information content (AvgIpc) is 3.54. The number of aromatic nitrogens is 3. The largest absolute Gasteiger partial charge is 0.436 e. The molecule has 0 aliphatic heterocycles. The molecule has 5 nitrogen and oxygen atoms in total. The third kappa shape index (κ3) is 4.67. The number of rotatable bonds is 6. The van der Waals surface area contributed by atoms with Crippen molar-refractivity contribution in [3.8, 4) is 34.0 Å². The van der Waals surface area contributed by atoms with Gasteiger partial charge in [0, 0.05) is 28.1 Å². The topological polar surface area (TPSA) is 55.1 Å². The fourth-order valence-electron chi connectivity index (χ4n) is 5.61. The van der Waals surface area contributed by atoms with E-state index in [1.54, 1.807) is 0 Å². The molecule has 44 heavy (non-hydrogen) atoms. The third-order valence-electron chi connectivity index (χ3n) is 7.70. The fourth-order valence-corrected chi connectivity index (χ4v) is 5.61. The molecule has 0 saturated carbocycles. The van der Waals surface area contributed by atoms with E-state index in [2.05, 4.69) is 89.8 Å². The van der Waals surface area contributed by atoms with Gasteiger partial charge in [0.05, 0.1) is 28.1 Å². The molecule has 0 aliphatic rings. The zero-order valence-corrected chi connectivity index (χ0v) is 23.7. The van der Waals surface area contributed by atoms with E-state index in [-0.39, 0.29) is 0 Å². The van der Waals surface area contributed by atoms with Gasteiger partial charge in [-0.25, -0.2) is 15.0 Å². The first kappa shape index (κ1) is 25.6. The van der Waals surface area contributed by atoms with Gasteiger partial charge < -0.3 is 9.32 Å². The summed E-state index contributed by atoms with van der Waals surface area (Å²) in [4.78, 5) is 17.3. The Balaban J connectivity index is 1.30. The molecular formula is C39H26N4O. The smallest absolute Gasteiger partial charge is 0.227 e. The van der Waals surface area contributed by atoms with Crippen LogP contribution >= 0.6 is 0 Å². The molecule has 0 bridgehead atoms. The molecule has 0 aliphatic carbocycles. The zero-order chi connectivity index (χ0) is 29.3. The summed E-state index contributed by atoms with van der Waals surface area (Å²) in [5.41, 5.74) is 10.9. The maximum atomic E-state index is 6.05. The maximum absolute atomic E-state index is 6.05. The Morgan fingerprint density at radius 1 is 0.409 bits per heavy atom. The first-order valence-electron chi connectivity index (χ1n) is 14.5. The van der Waals surface area contributed by atoms with Crippen LogP contribution in [0.1, 0.15) is 0 Å². The summed E-state index contributed by atoms with van der Waals surface area (Å²) >= 11 is 0. The fraction of sp³-hybridized carbons (Fsp3) is 0. The van der Waals surface area contributed by atoms with E-state index in [9.17, 15) is 0 Å². The minimum absolute atomic E-state index is 0.600. The van der Waals surface area contributed by atoms with Crippen molar-refractivity contribution in [3.63, 3.8) is 0 Å². The summed E-state index contributed by atoms with van der Waals surface area (Å²) in [6.45, 7) is 0. The molecule has 0 N–H and O–H groups in total. The van der Waals surface area contributed by atoms with Crippen LogP contribution < -0.4 is 4.90 Å². The molecule has 0 radical (unpaired) electrons. The predicted molar refractivity (Wildman–Crippen MR) is 178 cm³/mol. The van der Waals surface area contributed by atoms with Crippen LogP contribution in [0.3, 0.4) is 0 Å². The van der Waals surface area contributed by atoms with Gasteiger partial charge in [-0.1, -0.05) is 91.0 Å². The van der Waals surface area contributed by atoms with Gasteiger partial charge in [0.2, 0.25) is 5.89 Å². The Kier molecular flexibility index (Phi) is 6.39. The lowest BCUT2D eigenvalue weighted by molar-refractivity contribution is 0.620. The van der Waals surface area contributed by atoms with Gasteiger partial charge in [-0.05, 0) is 66.7 Å². The lowest BCUT2D eigenvalue weighted by atomic mass is 10.0. The van der Waals surface area contributed by atoms with E-state index >= 15 is 0 Å². The number of nitrogens with zero attached hydrogens (tertiary/aromatic N) is 4. The van der Waals surface area contributed by atoms with Crippen LogP contribution in [-0.4, -0.2) is 15.0 Å². The van der Waals surface area contributed by atoms with Crippen LogP contribution in [0, 0.1) is 0 Å². The summed E-state index contributed by atoms with van der Waals surface area (Å²) in [5, 5.41) is 0. The van der Waals surface area contributed by atoms with Crippen molar-refractivity contribution >= 4 is 39.2 Å². The molecule has 6 aromatic carbocycles. The Hall–Kier alpha value is -6.07. The summed E-state index contributed by atoms with van der Waals surface area (Å²) < 4.78 is 6.05. The second kappa shape index (κ2) is 11.0. The van der Waals surface area contributed by atoms with Crippen molar-refractivity contribution in [3.05, 3.63) is 158 Å². The highest BCUT2D eigenvalue weighted by Gasteiger charge is 2.21. The van der Waals surface area contributed by atoms with E-state index in [0.29, 0.717) is 5.89 Å². The van der Waals surface area contributed by atoms with E-state index in [1.165, 1.54) is 0 Å². The molecule has 8 aromatic rings. The highest BCUT2D eigenvalue weighted by atomic mass is 16.3. The molecule has 208 valence electrons. The van der Waals surface area contributed by atoms with Crippen LogP contribution in [0.4, 0.5) is 17.1 Å². The van der Waals surface area contributed by atoms with Crippen molar-refractivity contribution in [2.45, 2.75) is 0 Å². The number of anilines is 3. The summed E-state index contributed by atoms with van der Waals surface area (Å²) in [5.74, 6) is 0.600. The van der Waals surface area contributed by atoms with E-state index in [1.807, 2.05) is 72.8 Å². The zero-order valence-electron chi connectivity index (χ0n) is 23.7. The highest BCUT2D eigenvalue weighted by Crippen LogP contribution is 2.43. The summed E-state index contributed by atoms with van der Waals surface area (Å²) in [7, 11) is 0. The quantitative estimate of drug-likeness (QED) is 0.200. The number of benzene rings is 6. The molecule has 8 rings (SSSR count). The van der Waals surface area contributed by atoms with Crippen LogP contribution in [-0.2, 0) is 0 Å². The highest BCUT2D eigenvalue weighted by molar-refractivity contribution is 5.94. The van der Waals surface area contributed by atoms with Crippen molar-refractivity contribution < 1.29 is 4.42 Å². The second-order valence-electron chi connectivity index (χ2n) is 10.5. The molecule has 2 heterocycles. The predicted octanol–water partition coefficient (Wildman–Crippen LogP) is 10.2. The Morgan fingerprint density at radius 3 is 1.70 bits per heavy atom. The first-order valence-corrected chi connectivity index (χ1v) is 14.5. The SMILES string of the molecule is c1ccc(-c2nc3ccccc3nc2-c2ccccc2N(c2ccccc2)c2ccc(-c3nc4ccccc4o3)cc2)cc1. The molecule has 5 heteroatoms. The van der Waals surface area contributed by atoms with Gasteiger partial charge >= 0.3 is 0 Å². The summed E-state index contributed by atoms with van der Waals surface area (Å²) in [6, 6.07) is 53.3. The number of para-hydroxylation sites is 6. The normalized spacial score (nSPS) is 11.2. The maximum Gasteiger partial charge on any atom is 0.227 e. The Bertz CT molecular complexity index is 2190. The lowest BCUT2D eigenvalue weighted by Crippen LogP contribution is -2.11. The van der Waals surface area contributed by atoms with Crippen molar-refractivity contribution in [1.82, 2.24) is 15.0 Å². The van der Waals surface area contributed by atoms with Gasteiger partial charge in [-0.2, -0.15) is 0 Å². The standard InChI is InChI=1S/C39H26N4O/c1-3-13-27(14-4-1)37-38(41-33-19-9-8-18-32(33)40-37)31-17-7-11-21-35(31)43(29-15-5-2-6-16-29)30-25-23-28(24-26-30)39-42-34-20-10-12-22-36(34)44-39/h1-26H. The molecule has 0 atom stereocenters. The lowest BCUT2D eigenvalue weighted by Gasteiger charge is -2.28. The molecule has 0 spiro atoms. The minimum Gasteiger partial charge on any atom is -0.436 e. The monoisotopic (exact) mass is 566 g/mol. The Labute approximate surface area is 254 Å². The van der Waals surface area contributed by atoms with Gasteiger partial charge in [-0.15, -0.1) is 0 Å². The van der Waals surface area contributed by atoms with E-state index < -0.39 is 0 Å². The molecule has 0 unspecified atom stereocenters. The molecule has 0 fully saturated rings. The van der Waals surface area contributed by atoms with Gasteiger partial charge in [-0.3, -0.25) is 0 Å². The van der Waals surface area contributed by atoms with Crippen LogP contribution in [0.2, 0.25) is 0 Å². The molecule has 0 amide bonds. The third-order valence-corrected chi connectivity index (χ3v) is 7.70. The number of oxazole rings is 1.